The molecule has 1 aliphatic carbocycles. The third-order valence-electron chi connectivity index (χ3n) is 7.83. The van der Waals surface area contributed by atoms with Gasteiger partial charge < -0.3 is 24.9 Å². The molecular weight excluding hydrogens is 440 g/mol. The summed E-state index contributed by atoms with van der Waals surface area (Å²) in [6, 6.07) is 2.51. The number of H-pyrrole nitrogens is 1. The zero-order chi connectivity index (χ0) is 24.4. The first kappa shape index (κ1) is 23.9. The highest BCUT2D eigenvalue weighted by molar-refractivity contribution is 5.94. The number of aliphatic hydroxyl groups excluding tert-OH is 1. The summed E-state index contributed by atoms with van der Waals surface area (Å²) >= 11 is 0. The van der Waals surface area contributed by atoms with Gasteiger partial charge in [-0.05, 0) is 69.4 Å². The number of nitrogens with zero attached hydrogens (tertiary/aromatic N) is 4. The first-order valence-electron chi connectivity index (χ1n) is 13.3. The van der Waals surface area contributed by atoms with Gasteiger partial charge in [-0.15, -0.1) is 0 Å². The molecule has 0 radical (unpaired) electrons. The Morgan fingerprint density at radius 2 is 2.00 bits per heavy atom. The van der Waals surface area contributed by atoms with Crippen molar-refractivity contribution in [1.82, 2.24) is 24.4 Å². The van der Waals surface area contributed by atoms with Crippen molar-refractivity contribution in [3.63, 3.8) is 0 Å². The number of carbonyl (C=O) groups is 1. The van der Waals surface area contributed by atoms with E-state index in [0.717, 1.165) is 81.1 Å². The number of amides is 1. The molecule has 1 saturated heterocycles. The highest BCUT2D eigenvalue weighted by Gasteiger charge is 2.29. The second-order valence-electron chi connectivity index (χ2n) is 10.4. The van der Waals surface area contributed by atoms with E-state index in [1.54, 1.807) is 12.4 Å². The first-order valence-corrected chi connectivity index (χ1v) is 13.3. The molecule has 8 heteroatoms. The van der Waals surface area contributed by atoms with E-state index in [2.05, 4.69) is 39.9 Å². The molecule has 35 heavy (non-hydrogen) atoms. The Balaban J connectivity index is 1.40. The van der Waals surface area contributed by atoms with Crippen molar-refractivity contribution in [2.45, 2.75) is 89.3 Å². The lowest BCUT2D eigenvalue weighted by molar-refractivity contribution is 0.0713. The molecule has 0 aromatic carbocycles. The number of nitrogens with one attached hydrogen (secondary N) is 2. The Hall–Kier alpha value is -2.87. The van der Waals surface area contributed by atoms with E-state index < -0.39 is 0 Å². The van der Waals surface area contributed by atoms with Crippen LogP contribution in [0, 0.1) is 0 Å². The molecule has 3 N–H and O–H groups in total. The highest BCUT2D eigenvalue weighted by Crippen LogP contribution is 2.38. The van der Waals surface area contributed by atoms with E-state index in [1.165, 1.54) is 5.56 Å². The van der Waals surface area contributed by atoms with Gasteiger partial charge in [-0.3, -0.25) is 4.79 Å². The number of aromatic nitrogens is 4. The monoisotopic (exact) mass is 478 g/mol. The van der Waals surface area contributed by atoms with Gasteiger partial charge in [0.25, 0.3) is 5.91 Å². The molecule has 2 fully saturated rings. The van der Waals surface area contributed by atoms with Crippen LogP contribution in [0.3, 0.4) is 0 Å². The summed E-state index contributed by atoms with van der Waals surface area (Å²) < 4.78 is 2.35. The molecule has 0 bridgehead atoms. The predicted molar refractivity (Wildman–Crippen MR) is 138 cm³/mol. The molecule has 0 spiro atoms. The average Bonchev–Trinajstić information content (AvgIpc) is 3.53. The lowest BCUT2D eigenvalue weighted by atomic mass is 9.89. The van der Waals surface area contributed by atoms with E-state index in [-0.39, 0.29) is 12.0 Å². The first-order chi connectivity index (χ1) is 17.0. The van der Waals surface area contributed by atoms with Crippen LogP contribution < -0.4 is 5.32 Å². The van der Waals surface area contributed by atoms with Crippen LogP contribution in [0.4, 0.5) is 5.95 Å². The molecule has 1 aliphatic heterocycles. The highest BCUT2D eigenvalue weighted by atomic mass is 16.3. The van der Waals surface area contributed by atoms with Crippen LogP contribution in [0.2, 0.25) is 0 Å². The zero-order valence-electron chi connectivity index (χ0n) is 20.9. The number of anilines is 1. The van der Waals surface area contributed by atoms with Crippen LogP contribution in [0.1, 0.15) is 93.1 Å². The molecule has 3 aromatic heterocycles. The Morgan fingerprint density at radius 1 is 1.23 bits per heavy atom. The number of carbonyl (C=O) groups excluding carboxylic acids is 1. The van der Waals surface area contributed by atoms with Crippen molar-refractivity contribution in [3.8, 4) is 0 Å². The molecule has 8 nitrogen and oxygen atoms in total. The van der Waals surface area contributed by atoms with Crippen molar-refractivity contribution in [3.05, 3.63) is 42.0 Å². The van der Waals surface area contributed by atoms with Crippen molar-refractivity contribution in [2.24, 2.45) is 0 Å². The van der Waals surface area contributed by atoms with Crippen molar-refractivity contribution >= 4 is 22.9 Å². The molecular formula is C27H38N6O2. The summed E-state index contributed by atoms with van der Waals surface area (Å²) in [4.78, 5) is 27.4. The molecule has 5 rings (SSSR count). The van der Waals surface area contributed by atoms with Gasteiger partial charge in [0.2, 0.25) is 5.95 Å². The lowest BCUT2D eigenvalue weighted by Crippen LogP contribution is -2.37. The van der Waals surface area contributed by atoms with Crippen LogP contribution in [0.25, 0.3) is 11.0 Å². The van der Waals surface area contributed by atoms with Gasteiger partial charge in [0.1, 0.15) is 5.65 Å². The van der Waals surface area contributed by atoms with Gasteiger partial charge in [-0.2, -0.15) is 4.98 Å². The fourth-order valence-corrected chi connectivity index (χ4v) is 5.82. The number of aliphatic hydroxyl groups is 1. The Bertz CT molecular complexity index is 1120. The summed E-state index contributed by atoms with van der Waals surface area (Å²) in [5.74, 6) is 1.17. The second-order valence-corrected chi connectivity index (χ2v) is 10.4. The number of rotatable bonds is 7. The van der Waals surface area contributed by atoms with Gasteiger partial charge in [0.05, 0.1) is 11.7 Å². The zero-order valence-corrected chi connectivity index (χ0v) is 20.9. The van der Waals surface area contributed by atoms with Gasteiger partial charge in [-0.25, -0.2) is 4.98 Å². The summed E-state index contributed by atoms with van der Waals surface area (Å²) in [5.41, 5.74) is 3.02. The Labute approximate surface area is 207 Å². The van der Waals surface area contributed by atoms with Crippen LogP contribution in [-0.2, 0) is 0 Å². The third-order valence-corrected chi connectivity index (χ3v) is 7.83. The molecule has 3 aromatic rings. The Kier molecular flexibility index (Phi) is 7.09. The van der Waals surface area contributed by atoms with Crippen LogP contribution in [0.5, 0.6) is 0 Å². The number of hydrogen-bond donors (Lipinski definition) is 3. The fourth-order valence-electron chi connectivity index (χ4n) is 5.82. The minimum absolute atomic E-state index is 0.105. The summed E-state index contributed by atoms with van der Waals surface area (Å²) in [7, 11) is 0. The van der Waals surface area contributed by atoms with Gasteiger partial charge in [0, 0.05) is 55.3 Å². The average molecular weight is 479 g/mol. The van der Waals surface area contributed by atoms with Crippen molar-refractivity contribution in [1.29, 1.82) is 0 Å². The minimum Gasteiger partial charge on any atom is -0.393 e. The molecule has 2 aliphatic rings. The molecule has 4 heterocycles. The Morgan fingerprint density at radius 3 is 2.69 bits per heavy atom. The van der Waals surface area contributed by atoms with E-state index in [4.69, 9.17) is 4.98 Å². The fraction of sp³-hybridized carbons (Fsp3) is 0.593. The molecule has 0 unspecified atom stereocenters. The topological polar surface area (TPSA) is 99.1 Å². The summed E-state index contributed by atoms with van der Waals surface area (Å²) in [5, 5.41) is 14.6. The second kappa shape index (κ2) is 10.4. The lowest BCUT2D eigenvalue weighted by Gasteiger charge is -2.32. The number of hydrogen-bond acceptors (Lipinski definition) is 5. The molecule has 1 saturated carbocycles. The quantitative estimate of drug-likeness (QED) is 0.451. The van der Waals surface area contributed by atoms with Crippen molar-refractivity contribution in [2.75, 3.05) is 18.4 Å². The van der Waals surface area contributed by atoms with Crippen molar-refractivity contribution < 1.29 is 9.90 Å². The van der Waals surface area contributed by atoms with Gasteiger partial charge >= 0.3 is 0 Å². The maximum absolute atomic E-state index is 12.8. The van der Waals surface area contributed by atoms with E-state index >= 15 is 0 Å². The smallest absolute Gasteiger partial charge is 0.255 e. The number of piperidine rings is 1. The van der Waals surface area contributed by atoms with Crippen LogP contribution in [-0.4, -0.2) is 60.7 Å². The van der Waals surface area contributed by atoms with E-state index in [1.807, 2.05) is 17.2 Å². The van der Waals surface area contributed by atoms with Crippen LogP contribution >= 0.6 is 0 Å². The van der Waals surface area contributed by atoms with Gasteiger partial charge in [-0.1, -0.05) is 13.3 Å². The minimum atomic E-state index is -0.184. The standard InChI is InChI=1S/C27H38N6O2/c1-3-4-18(2)30-27-29-16-23-24(17-33(25(23)31-27)21-5-7-22(34)8-6-21)19-10-13-32(14-11-19)26(35)20-9-12-28-15-20/h9,12,15-19,21-22,28,34H,3-8,10-11,13-14H2,1-2H3,(H,29,30,31)/t18-,21-,22-/m0/s1. The van der Waals surface area contributed by atoms with Gasteiger partial charge in [0.15, 0.2) is 0 Å². The predicted octanol–water partition coefficient (Wildman–Crippen LogP) is 4.86. The number of fused-ring (bicyclic) bond motifs is 1. The SMILES string of the molecule is CCC[C@H](C)Nc1ncc2c(C3CCN(C(=O)c4cc[nH]c4)CC3)cn([C@H]3CC[C@H](O)CC3)c2n1. The molecule has 1 amide bonds. The molecule has 188 valence electrons. The largest absolute Gasteiger partial charge is 0.393 e. The van der Waals surface area contributed by atoms with Crippen LogP contribution in [0.15, 0.2) is 30.9 Å². The summed E-state index contributed by atoms with van der Waals surface area (Å²) in [6.45, 7) is 5.87. The third kappa shape index (κ3) is 5.08. The summed E-state index contributed by atoms with van der Waals surface area (Å²) in [6.07, 6.45) is 15.3. The molecule has 1 atom stereocenters. The maximum Gasteiger partial charge on any atom is 0.255 e. The van der Waals surface area contributed by atoms with E-state index in [9.17, 15) is 9.90 Å². The number of aromatic amines is 1. The number of likely N-dealkylation sites (tertiary alicyclic amines) is 1. The van der Waals surface area contributed by atoms with E-state index in [0.29, 0.717) is 23.9 Å². The normalized spacial score (nSPS) is 22.4. The maximum atomic E-state index is 12.8.